The van der Waals surface area contributed by atoms with E-state index >= 15 is 0 Å². The Hall–Kier alpha value is -3.17. The summed E-state index contributed by atoms with van der Waals surface area (Å²) in [6.45, 7) is 5.32. The summed E-state index contributed by atoms with van der Waals surface area (Å²) in [6.07, 6.45) is -0.342. The lowest BCUT2D eigenvalue weighted by Crippen LogP contribution is -2.32. The fourth-order valence-electron chi connectivity index (χ4n) is 2.91. The Morgan fingerprint density at radius 2 is 1.69 bits per heavy atom. The highest BCUT2D eigenvalue weighted by molar-refractivity contribution is 7.92. The van der Waals surface area contributed by atoms with Gasteiger partial charge in [-0.2, -0.15) is 0 Å². The van der Waals surface area contributed by atoms with Crippen molar-refractivity contribution in [2.45, 2.75) is 38.2 Å². The monoisotopic (exact) mass is 474 g/mol. The van der Waals surface area contributed by atoms with Gasteiger partial charge in [0.2, 0.25) is 5.95 Å². The standard InChI is InChI=1S/C22H23ClN4O4S/c1-4-19(31-20-8-6-5-7-18(20)23)21(28)26-16-9-11-17(12-10-16)32(29,30)27-22-24-14(2)13-15(3)25-22/h5-13,19H,4H2,1-3H3,(H,26,28)(H,24,25,27)/t19-/m1/s1. The van der Waals surface area contributed by atoms with Gasteiger partial charge < -0.3 is 10.1 Å². The molecule has 1 amide bonds. The highest BCUT2D eigenvalue weighted by Gasteiger charge is 2.21. The van der Waals surface area contributed by atoms with Crippen LogP contribution in [0.1, 0.15) is 24.7 Å². The van der Waals surface area contributed by atoms with Crippen LogP contribution in [0.15, 0.2) is 59.5 Å². The Bertz CT molecular complexity index is 1200. The first-order valence-electron chi connectivity index (χ1n) is 9.85. The number of hydrogen-bond donors (Lipinski definition) is 2. The fourth-order valence-corrected chi connectivity index (χ4v) is 4.03. The average molecular weight is 475 g/mol. The van der Waals surface area contributed by atoms with E-state index in [4.69, 9.17) is 16.3 Å². The third-order valence-corrected chi connectivity index (χ3v) is 6.07. The third kappa shape index (κ3) is 5.95. The molecule has 1 atom stereocenters. The molecule has 0 unspecified atom stereocenters. The average Bonchev–Trinajstić information content (AvgIpc) is 2.72. The largest absolute Gasteiger partial charge is 0.479 e. The first kappa shape index (κ1) is 23.5. The number of para-hydroxylation sites is 1. The molecule has 1 heterocycles. The van der Waals surface area contributed by atoms with Gasteiger partial charge in [0.25, 0.3) is 15.9 Å². The molecule has 1 aromatic heterocycles. The Labute approximate surface area is 192 Å². The summed E-state index contributed by atoms with van der Waals surface area (Å²) in [4.78, 5) is 20.8. The molecule has 0 radical (unpaired) electrons. The van der Waals surface area contributed by atoms with Gasteiger partial charge in [-0.1, -0.05) is 30.7 Å². The van der Waals surface area contributed by atoms with Gasteiger partial charge in [0.1, 0.15) is 5.75 Å². The van der Waals surface area contributed by atoms with Gasteiger partial charge in [0, 0.05) is 17.1 Å². The fraction of sp³-hybridized carbons (Fsp3) is 0.227. The van der Waals surface area contributed by atoms with E-state index in [0.717, 1.165) is 0 Å². The number of benzene rings is 2. The normalized spacial score (nSPS) is 12.1. The van der Waals surface area contributed by atoms with Gasteiger partial charge in [0.15, 0.2) is 6.10 Å². The van der Waals surface area contributed by atoms with Gasteiger partial charge in [-0.15, -0.1) is 0 Å². The maximum atomic E-state index is 12.6. The summed E-state index contributed by atoms with van der Waals surface area (Å²) in [5, 5.41) is 3.14. The second-order valence-corrected chi connectivity index (χ2v) is 9.13. The highest BCUT2D eigenvalue weighted by atomic mass is 35.5. The van der Waals surface area contributed by atoms with Crippen molar-refractivity contribution in [2.24, 2.45) is 0 Å². The number of nitrogens with zero attached hydrogens (tertiary/aromatic N) is 2. The van der Waals surface area contributed by atoms with Gasteiger partial charge in [-0.05, 0) is 62.7 Å². The number of anilines is 2. The number of halogens is 1. The van der Waals surface area contributed by atoms with Gasteiger partial charge in [-0.25, -0.2) is 23.1 Å². The van der Waals surface area contributed by atoms with Crippen LogP contribution in [0.4, 0.5) is 11.6 Å². The third-order valence-electron chi connectivity index (χ3n) is 4.41. The molecule has 0 spiro atoms. The molecule has 8 nitrogen and oxygen atoms in total. The van der Waals surface area contributed by atoms with Crippen LogP contribution in [0, 0.1) is 13.8 Å². The summed E-state index contributed by atoms with van der Waals surface area (Å²) >= 11 is 6.10. The minimum Gasteiger partial charge on any atom is -0.479 e. The van der Waals surface area contributed by atoms with Gasteiger partial charge in [-0.3, -0.25) is 4.79 Å². The summed E-state index contributed by atoms with van der Waals surface area (Å²) in [6, 6.07) is 14.4. The Kier molecular flexibility index (Phi) is 7.32. The SMILES string of the molecule is CC[C@@H](Oc1ccccc1Cl)C(=O)Nc1ccc(S(=O)(=O)Nc2nc(C)cc(C)n2)cc1. The van der Waals surface area contributed by atoms with Crippen molar-refractivity contribution in [3.05, 3.63) is 71.0 Å². The Morgan fingerprint density at radius 3 is 2.28 bits per heavy atom. The van der Waals surface area contributed by atoms with E-state index in [1.807, 2.05) is 6.92 Å². The topological polar surface area (TPSA) is 110 Å². The van der Waals surface area contributed by atoms with Crippen molar-refractivity contribution in [3.8, 4) is 5.75 Å². The van der Waals surface area contributed by atoms with Crippen molar-refractivity contribution in [2.75, 3.05) is 10.0 Å². The summed E-state index contributed by atoms with van der Waals surface area (Å²) in [7, 11) is -3.89. The van der Waals surface area contributed by atoms with Gasteiger partial charge in [0.05, 0.1) is 9.92 Å². The smallest absolute Gasteiger partial charge is 0.265 e. The summed E-state index contributed by atoms with van der Waals surface area (Å²) < 4.78 is 33.4. The Balaban J connectivity index is 1.69. The zero-order chi connectivity index (χ0) is 23.3. The molecule has 10 heteroatoms. The van der Waals surface area contributed by atoms with Crippen molar-refractivity contribution in [1.29, 1.82) is 0 Å². The van der Waals surface area contributed by atoms with E-state index in [1.165, 1.54) is 24.3 Å². The molecule has 0 aliphatic carbocycles. The molecule has 2 aromatic carbocycles. The second-order valence-electron chi connectivity index (χ2n) is 7.04. The number of sulfonamides is 1. The number of carbonyl (C=O) groups excluding carboxylic acids is 1. The van der Waals surface area contributed by atoms with E-state index in [-0.39, 0.29) is 16.8 Å². The number of amides is 1. The molecule has 168 valence electrons. The quantitative estimate of drug-likeness (QED) is 0.502. The van der Waals surface area contributed by atoms with Crippen LogP contribution >= 0.6 is 11.6 Å². The number of hydrogen-bond acceptors (Lipinski definition) is 6. The first-order valence-corrected chi connectivity index (χ1v) is 11.7. The minimum absolute atomic E-state index is 0.00221. The van der Waals surface area contributed by atoms with Crippen LogP contribution in [0.25, 0.3) is 0 Å². The lowest BCUT2D eigenvalue weighted by molar-refractivity contribution is -0.122. The highest BCUT2D eigenvalue weighted by Crippen LogP contribution is 2.25. The lowest BCUT2D eigenvalue weighted by Gasteiger charge is -2.18. The predicted octanol–water partition coefficient (Wildman–Crippen LogP) is 4.34. The van der Waals surface area contributed by atoms with Crippen LogP contribution in [0.5, 0.6) is 5.75 Å². The molecule has 2 N–H and O–H groups in total. The molecule has 0 saturated carbocycles. The molecule has 0 aliphatic heterocycles. The van der Waals surface area contributed by atoms with E-state index < -0.39 is 16.1 Å². The molecule has 0 bridgehead atoms. The van der Waals surface area contributed by atoms with Crippen molar-refractivity contribution in [1.82, 2.24) is 9.97 Å². The number of aromatic nitrogens is 2. The zero-order valence-electron chi connectivity index (χ0n) is 17.8. The molecular formula is C22H23ClN4O4S. The number of ether oxygens (including phenoxy) is 1. The zero-order valence-corrected chi connectivity index (χ0v) is 19.4. The van der Waals surface area contributed by atoms with E-state index in [9.17, 15) is 13.2 Å². The number of aryl methyl sites for hydroxylation is 2. The summed E-state index contributed by atoms with van der Waals surface area (Å²) in [5.74, 6) is 0.0458. The van der Waals surface area contributed by atoms with Crippen LogP contribution in [0.2, 0.25) is 5.02 Å². The molecule has 0 aliphatic rings. The van der Waals surface area contributed by atoms with Crippen LogP contribution in [0.3, 0.4) is 0 Å². The van der Waals surface area contributed by atoms with Crippen molar-refractivity contribution >= 4 is 39.2 Å². The number of carbonyl (C=O) groups is 1. The Morgan fingerprint density at radius 1 is 1.06 bits per heavy atom. The molecular weight excluding hydrogens is 452 g/mol. The number of nitrogens with one attached hydrogen (secondary N) is 2. The van der Waals surface area contributed by atoms with E-state index in [1.54, 1.807) is 44.2 Å². The van der Waals surface area contributed by atoms with E-state index in [2.05, 4.69) is 20.0 Å². The molecule has 3 rings (SSSR count). The summed E-state index contributed by atoms with van der Waals surface area (Å²) in [5.41, 5.74) is 1.73. The molecule has 0 saturated heterocycles. The maximum Gasteiger partial charge on any atom is 0.265 e. The molecule has 0 fully saturated rings. The molecule has 3 aromatic rings. The van der Waals surface area contributed by atoms with Gasteiger partial charge >= 0.3 is 0 Å². The first-order chi connectivity index (χ1) is 15.2. The predicted molar refractivity (Wildman–Crippen MR) is 124 cm³/mol. The second kappa shape index (κ2) is 9.97. The minimum atomic E-state index is -3.89. The maximum absolute atomic E-state index is 12.6. The lowest BCUT2D eigenvalue weighted by atomic mass is 10.2. The van der Waals surface area contributed by atoms with Crippen molar-refractivity contribution in [3.63, 3.8) is 0 Å². The van der Waals surface area contributed by atoms with Crippen LogP contribution in [-0.4, -0.2) is 30.4 Å². The van der Waals surface area contributed by atoms with Crippen LogP contribution < -0.4 is 14.8 Å². The van der Waals surface area contributed by atoms with Crippen molar-refractivity contribution < 1.29 is 17.9 Å². The van der Waals surface area contributed by atoms with E-state index in [0.29, 0.717) is 34.3 Å². The van der Waals surface area contributed by atoms with Crippen LogP contribution in [-0.2, 0) is 14.8 Å². The molecule has 32 heavy (non-hydrogen) atoms. The number of rotatable bonds is 8.